The molecule has 3 rings (SSSR count). The number of rotatable bonds is 10. The maximum atomic E-state index is 14.4. The number of aryl methyl sites for hydroxylation is 1. The molecule has 3 aromatic rings. The third-order valence-corrected chi connectivity index (χ3v) is 6.44. The van der Waals surface area contributed by atoms with Crippen molar-refractivity contribution < 1.29 is 14.0 Å². The van der Waals surface area contributed by atoms with Crippen LogP contribution in [0.2, 0.25) is 0 Å². The van der Waals surface area contributed by atoms with Crippen molar-refractivity contribution in [2.45, 2.75) is 37.2 Å². The fourth-order valence-corrected chi connectivity index (χ4v) is 4.41. The van der Waals surface area contributed by atoms with Crippen LogP contribution in [0.25, 0.3) is 0 Å². The van der Waals surface area contributed by atoms with Crippen molar-refractivity contribution in [2.24, 2.45) is 0 Å². The highest BCUT2D eigenvalue weighted by Crippen LogP contribution is 2.22. The molecule has 0 spiro atoms. The molecule has 0 saturated heterocycles. The lowest BCUT2D eigenvalue weighted by molar-refractivity contribution is -0.140. The van der Waals surface area contributed by atoms with Crippen LogP contribution in [0, 0.1) is 12.7 Å². The van der Waals surface area contributed by atoms with E-state index >= 15 is 0 Å². The van der Waals surface area contributed by atoms with Crippen LogP contribution in [0.5, 0.6) is 0 Å². The van der Waals surface area contributed by atoms with Gasteiger partial charge in [0.25, 0.3) is 0 Å². The standard InChI is InChI=1S/C27H29FN2O2S/c1-20-12-14-23(15-13-20)33-17-16-26(31)30(19-22-10-6-7-11-24(22)28)25(27(32)29-2)18-21-8-4-3-5-9-21/h3-15,25H,16-19H2,1-2H3,(H,29,32). The lowest BCUT2D eigenvalue weighted by Gasteiger charge is -2.31. The van der Waals surface area contributed by atoms with Crippen molar-refractivity contribution in [3.8, 4) is 0 Å². The Hall–Kier alpha value is -3.12. The first kappa shape index (κ1) is 24.5. The molecule has 33 heavy (non-hydrogen) atoms. The number of nitrogens with zero attached hydrogens (tertiary/aromatic N) is 1. The second-order valence-electron chi connectivity index (χ2n) is 7.84. The zero-order valence-corrected chi connectivity index (χ0v) is 19.8. The first-order valence-electron chi connectivity index (χ1n) is 11.0. The Labute approximate surface area is 199 Å². The quantitative estimate of drug-likeness (QED) is 0.430. The van der Waals surface area contributed by atoms with E-state index in [0.717, 1.165) is 10.5 Å². The van der Waals surface area contributed by atoms with E-state index in [1.54, 1.807) is 37.0 Å². The average Bonchev–Trinajstić information content (AvgIpc) is 2.83. The smallest absolute Gasteiger partial charge is 0.242 e. The minimum absolute atomic E-state index is 0.0334. The highest BCUT2D eigenvalue weighted by atomic mass is 32.2. The van der Waals surface area contributed by atoms with Crippen LogP contribution in [0.4, 0.5) is 4.39 Å². The summed E-state index contributed by atoms with van der Waals surface area (Å²) in [6, 6.07) is 23.3. The summed E-state index contributed by atoms with van der Waals surface area (Å²) in [6.07, 6.45) is 0.598. The Kier molecular flexibility index (Phi) is 9.07. The molecule has 1 atom stereocenters. The maximum absolute atomic E-state index is 14.4. The van der Waals surface area contributed by atoms with E-state index in [1.807, 2.05) is 61.5 Å². The third kappa shape index (κ3) is 7.19. The molecule has 0 heterocycles. The summed E-state index contributed by atoms with van der Waals surface area (Å²) < 4.78 is 14.4. The topological polar surface area (TPSA) is 49.4 Å². The van der Waals surface area contributed by atoms with Crippen LogP contribution in [-0.4, -0.2) is 35.6 Å². The van der Waals surface area contributed by atoms with Gasteiger partial charge in [-0.2, -0.15) is 0 Å². The molecule has 1 N–H and O–H groups in total. The fraction of sp³-hybridized carbons (Fsp3) is 0.259. The van der Waals surface area contributed by atoms with Gasteiger partial charge in [0.2, 0.25) is 11.8 Å². The number of likely N-dealkylation sites (N-methyl/N-ethyl adjacent to an activating group) is 1. The van der Waals surface area contributed by atoms with Gasteiger partial charge in [0.1, 0.15) is 11.9 Å². The third-order valence-electron chi connectivity index (χ3n) is 5.42. The van der Waals surface area contributed by atoms with Gasteiger partial charge in [-0.25, -0.2) is 4.39 Å². The minimum Gasteiger partial charge on any atom is -0.357 e. The molecule has 0 fully saturated rings. The normalized spacial score (nSPS) is 11.6. The second kappa shape index (κ2) is 12.2. The molecule has 0 aliphatic heterocycles. The SMILES string of the molecule is CNC(=O)C(Cc1ccccc1)N(Cc1ccccc1F)C(=O)CCSc1ccc(C)cc1. The van der Waals surface area contributed by atoms with Gasteiger partial charge < -0.3 is 10.2 Å². The van der Waals surface area contributed by atoms with Gasteiger partial charge in [0.05, 0.1) is 0 Å². The monoisotopic (exact) mass is 464 g/mol. The average molecular weight is 465 g/mol. The van der Waals surface area contributed by atoms with Gasteiger partial charge in [-0.1, -0.05) is 66.2 Å². The first-order valence-corrected chi connectivity index (χ1v) is 11.9. The van der Waals surface area contributed by atoms with Gasteiger partial charge >= 0.3 is 0 Å². The molecule has 4 nitrogen and oxygen atoms in total. The van der Waals surface area contributed by atoms with E-state index in [4.69, 9.17) is 0 Å². The Balaban J connectivity index is 1.81. The van der Waals surface area contributed by atoms with Crippen molar-refractivity contribution in [1.82, 2.24) is 10.2 Å². The predicted octanol–water partition coefficient (Wildman–Crippen LogP) is 5.00. The van der Waals surface area contributed by atoms with E-state index < -0.39 is 6.04 Å². The largest absolute Gasteiger partial charge is 0.357 e. The lowest BCUT2D eigenvalue weighted by Crippen LogP contribution is -2.49. The molecule has 1 unspecified atom stereocenters. The van der Waals surface area contributed by atoms with Crippen LogP contribution in [0.3, 0.4) is 0 Å². The van der Waals surface area contributed by atoms with Crippen LogP contribution in [0.1, 0.15) is 23.1 Å². The van der Waals surface area contributed by atoms with Crippen molar-refractivity contribution in [3.05, 3.63) is 101 Å². The Morgan fingerprint density at radius 3 is 2.30 bits per heavy atom. The number of halogens is 1. The number of carbonyl (C=O) groups is 2. The molecule has 0 aliphatic carbocycles. The Bertz CT molecular complexity index is 1060. The van der Waals surface area contributed by atoms with Crippen LogP contribution >= 0.6 is 11.8 Å². The number of thioether (sulfide) groups is 1. The summed E-state index contributed by atoms with van der Waals surface area (Å²) in [5.74, 6) is -0.265. The van der Waals surface area contributed by atoms with Crippen molar-refractivity contribution in [3.63, 3.8) is 0 Å². The number of nitrogens with one attached hydrogen (secondary N) is 1. The minimum atomic E-state index is -0.742. The molecule has 0 saturated carbocycles. The van der Waals surface area contributed by atoms with Gasteiger partial charge in [0.15, 0.2) is 0 Å². The first-order chi connectivity index (χ1) is 16.0. The summed E-state index contributed by atoms with van der Waals surface area (Å²) in [6.45, 7) is 2.07. The van der Waals surface area contributed by atoms with Crippen LogP contribution < -0.4 is 5.32 Å². The second-order valence-corrected chi connectivity index (χ2v) is 9.01. The number of amides is 2. The van der Waals surface area contributed by atoms with E-state index in [-0.39, 0.29) is 30.6 Å². The maximum Gasteiger partial charge on any atom is 0.242 e. The van der Waals surface area contributed by atoms with Crippen LogP contribution in [-0.2, 0) is 22.6 Å². The molecule has 0 bridgehead atoms. The number of benzene rings is 3. The summed E-state index contributed by atoms with van der Waals surface area (Å²) in [7, 11) is 1.55. The summed E-state index contributed by atoms with van der Waals surface area (Å²) in [5.41, 5.74) is 2.51. The fourth-order valence-electron chi connectivity index (χ4n) is 3.57. The van der Waals surface area contributed by atoms with Crippen molar-refractivity contribution in [1.29, 1.82) is 0 Å². The predicted molar refractivity (Wildman–Crippen MR) is 131 cm³/mol. The highest BCUT2D eigenvalue weighted by molar-refractivity contribution is 7.99. The molecule has 2 amide bonds. The molecule has 0 aromatic heterocycles. The number of hydrogen-bond acceptors (Lipinski definition) is 3. The summed E-state index contributed by atoms with van der Waals surface area (Å²) >= 11 is 1.59. The molecular formula is C27H29FN2O2S. The van der Waals surface area contributed by atoms with Crippen molar-refractivity contribution in [2.75, 3.05) is 12.8 Å². The molecular weight excluding hydrogens is 435 g/mol. The van der Waals surface area contributed by atoms with Crippen molar-refractivity contribution >= 4 is 23.6 Å². The zero-order chi connectivity index (χ0) is 23.6. The number of hydrogen-bond donors (Lipinski definition) is 1. The number of carbonyl (C=O) groups excluding carboxylic acids is 2. The van der Waals surface area contributed by atoms with E-state index in [2.05, 4.69) is 5.32 Å². The van der Waals surface area contributed by atoms with E-state index in [0.29, 0.717) is 17.7 Å². The Morgan fingerprint density at radius 2 is 1.64 bits per heavy atom. The Morgan fingerprint density at radius 1 is 0.970 bits per heavy atom. The molecule has 0 radical (unpaired) electrons. The van der Waals surface area contributed by atoms with Gasteiger partial charge in [-0.15, -0.1) is 11.8 Å². The van der Waals surface area contributed by atoms with Gasteiger partial charge in [-0.05, 0) is 30.7 Å². The summed E-state index contributed by atoms with van der Waals surface area (Å²) in [5, 5.41) is 2.68. The van der Waals surface area contributed by atoms with E-state index in [1.165, 1.54) is 16.5 Å². The summed E-state index contributed by atoms with van der Waals surface area (Å²) in [4.78, 5) is 28.8. The molecule has 6 heteroatoms. The van der Waals surface area contributed by atoms with Gasteiger partial charge in [-0.3, -0.25) is 9.59 Å². The van der Waals surface area contributed by atoms with E-state index in [9.17, 15) is 14.0 Å². The molecule has 172 valence electrons. The van der Waals surface area contributed by atoms with Crippen LogP contribution in [0.15, 0.2) is 83.8 Å². The lowest BCUT2D eigenvalue weighted by atomic mass is 10.0. The molecule has 0 aliphatic rings. The molecule has 3 aromatic carbocycles. The zero-order valence-electron chi connectivity index (χ0n) is 19.0. The highest BCUT2D eigenvalue weighted by Gasteiger charge is 2.30. The van der Waals surface area contributed by atoms with Gasteiger partial charge in [0, 0.05) is 42.6 Å².